The quantitative estimate of drug-likeness (QED) is 0.0254. The minimum absolute atomic E-state index is 0.116. The molecule has 57 heavy (non-hydrogen) atoms. The molecule has 1 rings (SSSR count). The van der Waals surface area contributed by atoms with Crippen molar-refractivity contribution >= 4 is 65.1 Å². The molecule has 0 aromatic heterocycles. The summed E-state index contributed by atoms with van der Waals surface area (Å²) in [4.78, 5) is 125. The first-order chi connectivity index (χ1) is 26.7. The molecule has 0 bridgehead atoms. The third kappa shape index (κ3) is 18.5. The Morgan fingerprint density at radius 1 is 0.825 bits per heavy atom. The number of likely N-dealkylation sites (tertiary alicyclic amines) is 1. The summed E-state index contributed by atoms with van der Waals surface area (Å²) in [7, 11) is 0. The fraction of sp³-hybridized carbons (Fsp3) is 0.743. The van der Waals surface area contributed by atoms with Gasteiger partial charge < -0.3 is 48.1 Å². The van der Waals surface area contributed by atoms with Crippen LogP contribution < -0.4 is 43.5 Å². The zero-order valence-corrected chi connectivity index (χ0v) is 34.5. The van der Waals surface area contributed by atoms with Gasteiger partial charge in [0.1, 0.15) is 49.3 Å². The zero-order valence-electron chi connectivity index (χ0n) is 33.7. The highest BCUT2D eigenvalue weighted by molar-refractivity contribution is 7.98. The molecule has 11 N–H and O–H groups in total. The number of nitrogens with one attached hydrogen (secondary N) is 6. The molecule has 0 aromatic rings. The maximum Gasteiger partial charge on any atom is 0.361 e. The third-order valence-electron chi connectivity index (χ3n) is 8.75. The summed E-state index contributed by atoms with van der Waals surface area (Å²) in [6.45, 7) is 9.25. The van der Waals surface area contributed by atoms with Crippen LogP contribution in [0.5, 0.6) is 0 Å². The highest BCUT2D eigenvalue weighted by Crippen LogP contribution is 2.20. The molecule has 0 unspecified atom stereocenters. The molecule has 1 fully saturated rings. The number of carboxylic acid groups (broad SMARTS) is 1. The monoisotopic (exact) mass is 831 g/mol. The Hall–Kier alpha value is -4.54. The number of carboxylic acids is 1. The summed E-state index contributed by atoms with van der Waals surface area (Å²) in [5.74, 6) is -7.60. The number of nitrogens with zero attached hydrogens (tertiary/aromatic N) is 1. The van der Waals surface area contributed by atoms with Crippen molar-refractivity contribution in [3.63, 3.8) is 0 Å². The van der Waals surface area contributed by atoms with Crippen molar-refractivity contribution in [1.29, 1.82) is 0 Å². The van der Waals surface area contributed by atoms with Crippen LogP contribution in [-0.2, 0) is 53.0 Å². The Morgan fingerprint density at radius 3 is 1.96 bits per heavy atom. The topological polar surface area (TPSA) is 320 Å². The van der Waals surface area contributed by atoms with Gasteiger partial charge in [0.25, 0.3) is 0 Å². The van der Waals surface area contributed by atoms with Crippen molar-refractivity contribution in [3.8, 4) is 0 Å². The summed E-state index contributed by atoms with van der Waals surface area (Å²) < 4.78 is 0. The fourth-order valence-electron chi connectivity index (χ4n) is 5.69. The van der Waals surface area contributed by atoms with E-state index in [9.17, 15) is 43.2 Å². The van der Waals surface area contributed by atoms with E-state index >= 15 is 0 Å². The summed E-state index contributed by atoms with van der Waals surface area (Å²) in [5.41, 5.74) is 13.2. The number of carbonyl (C=O) groups is 9. The second kappa shape index (κ2) is 25.7. The van der Waals surface area contributed by atoms with Crippen molar-refractivity contribution in [2.24, 2.45) is 29.2 Å². The van der Waals surface area contributed by atoms with Crippen LogP contribution in [0.2, 0.25) is 0 Å². The predicted octanol–water partition coefficient (Wildman–Crippen LogP) is -2.20. The predicted molar refractivity (Wildman–Crippen MR) is 207 cm³/mol. The lowest BCUT2D eigenvalue weighted by molar-refractivity contribution is -0.308. The number of thioether (sulfide) groups is 1. The van der Waals surface area contributed by atoms with E-state index in [2.05, 4.69) is 41.9 Å². The van der Waals surface area contributed by atoms with E-state index in [0.717, 1.165) is 0 Å². The molecule has 22 heteroatoms. The van der Waals surface area contributed by atoms with Crippen molar-refractivity contribution < 1.29 is 58.1 Å². The molecule has 0 aliphatic carbocycles. The SMILES string of the molecule is CSCC[C@H](N)C(=O)OONCC(=O)N[C@H](C(=O)N[C@@H](CC(C)C)C(=O)N[C@H](C(=O)N[C@@H](CCC(N)=O)C(=O)N1CCC[C@H]1C(=O)NCC(=O)O)C(C)C)C(C)C. The van der Waals surface area contributed by atoms with Gasteiger partial charge in [-0.2, -0.15) is 11.8 Å². The molecule has 324 valence electrons. The average molecular weight is 832 g/mol. The van der Waals surface area contributed by atoms with Crippen LogP contribution in [0.25, 0.3) is 0 Å². The number of rotatable bonds is 26. The molecule has 7 amide bonds. The molecular weight excluding hydrogens is 771 g/mol. The van der Waals surface area contributed by atoms with Crippen LogP contribution in [0.3, 0.4) is 0 Å². The second-order valence-corrected chi connectivity index (χ2v) is 15.8. The van der Waals surface area contributed by atoms with Gasteiger partial charge in [0.05, 0.1) is 0 Å². The molecule has 0 spiro atoms. The van der Waals surface area contributed by atoms with E-state index in [-0.39, 0.29) is 38.1 Å². The van der Waals surface area contributed by atoms with Gasteiger partial charge in [0.2, 0.25) is 41.4 Å². The normalized spacial score (nSPS) is 16.5. The maximum atomic E-state index is 13.8. The average Bonchev–Trinajstić information content (AvgIpc) is 3.63. The number of amides is 7. The molecule has 0 saturated carbocycles. The van der Waals surface area contributed by atoms with Crippen LogP contribution in [0, 0.1) is 17.8 Å². The van der Waals surface area contributed by atoms with E-state index in [1.807, 2.05) is 20.1 Å². The molecule has 0 aromatic carbocycles. The van der Waals surface area contributed by atoms with Gasteiger partial charge in [-0.25, -0.2) is 4.79 Å². The maximum absolute atomic E-state index is 13.8. The van der Waals surface area contributed by atoms with Gasteiger partial charge in [-0.3, -0.25) is 43.2 Å². The van der Waals surface area contributed by atoms with E-state index in [0.29, 0.717) is 18.6 Å². The number of aliphatic carboxylic acids is 1. The van der Waals surface area contributed by atoms with Crippen molar-refractivity contribution in [2.45, 2.75) is 116 Å². The molecule has 1 aliphatic heterocycles. The minimum atomic E-state index is -1.33. The lowest BCUT2D eigenvalue weighted by atomic mass is 9.98. The number of hydrogen-bond donors (Lipinski definition) is 9. The number of hydroxylamine groups is 1. The first kappa shape index (κ1) is 50.5. The smallest absolute Gasteiger partial charge is 0.361 e. The van der Waals surface area contributed by atoms with Gasteiger partial charge in [-0.15, -0.1) is 5.48 Å². The van der Waals surface area contributed by atoms with Crippen LogP contribution >= 0.6 is 11.8 Å². The number of hydrogen-bond acceptors (Lipinski definition) is 14. The van der Waals surface area contributed by atoms with Gasteiger partial charge >= 0.3 is 11.9 Å². The molecule has 6 atom stereocenters. The zero-order chi connectivity index (χ0) is 43.4. The van der Waals surface area contributed by atoms with Crippen molar-refractivity contribution in [2.75, 3.05) is 31.6 Å². The number of carbonyl (C=O) groups excluding carboxylic acids is 8. The van der Waals surface area contributed by atoms with Crippen molar-refractivity contribution in [3.05, 3.63) is 0 Å². The summed E-state index contributed by atoms with van der Waals surface area (Å²) in [6.07, 6.45) is 2.53. The first-order valence-electron chi connectivity index (χ1n) is 18.8. The Bertz CT molecular complexity index is 1420. The summed E-state index contributed by atoms with van der Waals surface area (Å²) >= 11 is 1.50. The van der Waals surface area contributed by atoms with E-state index in [1.54, 1.807) is 27.7 Å². The fourth-order valence-corrected chi connectivity index (χ4v) is 6.18. The van der Waals surface area contributed by atoms with Gasteiger partial charge in [-0.1, -0.05) is 46.5 Å². The Labute approximate surface area is 336 Å². The number of nitrogens with two attached hydrogens (primary N) is 2. The highest BCUT2D eigenvalue weighted by atomic mass is 32.2. The minimum Gasteiger partial charge on any atom is -0.480 e. The lowest BCUT2D eigenvalue weighted by Crippen LogP contribution is -2.60. The molecule has 1 saturated heterocycles. The first-order valence-corrected chi connectivity index (χ1v) is 20.2. The summed E-state index contributed by atoms with van der Waals surface area (Å²) in [5, 5.41) is 21.7. The lowest BCUT2D eigenvalue weighted by Gasteiger charge is -2.31. The summed E-state index contributed by atoms with van der Waals surface area (Å²) in [6, 6.07) is -6.76. The number of primary amides is 1. The molecular formula is C35H61N9O12S. The molecule has 1 aliphatic rings. The van der Waals surface area contributed by atoms with Crippen LogP contribution in [0.15, 0.2) is 0 Å². The highest BCUT2D eigenvalue weighted by Gasteiger charge is 2.39. The Kier molecular flexibility index (Phi) is 22.7. The molecule has 21 nitrogen and oxygen atoms in total. The van der Waals surface area contributed by atoms with Gasteiger partial charge in [0, 0.05) is 13.0 Å². The molecule has 0 radical (unpaired) electrons. The van der Waals surface area contributed by atoms with E-state index in [4.69, 9.17) is 16.6 Å². The van der Waals surface area contributed by atoms with Gasteiger partial charge in [0.15, 0.2) is 0 Å². The Balaban J connectivity index is 3.07. The Morgan fingerprint density at radius 2 is 1.42 bits per heavy atom. The van der Waals surface area contributed by atoms with E-state index in [1.165, 1.54) is 16.7 Å². The van der Waals surface area contributed by atoms with Crippen LogP contribution in [0.1, 0.15) is 80.1 Å². The largest absolute Gasteiger partial charge is 0.480 e. The molecule has 1 heterocycles. The van der Waals surface area contributed by atoms with Gasteiger partial charge in [-0.05, 0) is 61.9 Å². The second-order valence-electron chi connectivity index (χ2n) is 14.8. The van der Waals surface area contributed by atoms with E-state index < -0.39 is 114 Å². The van der Waals surface area contributed by atoms with Crippen molar-refractivity contribution in [1.82, 2.24) is 37.0 Å². The van der Waals surface area contributed by atoms with Crippen LogP contribution in [-0.4, -0.2) is 131 Å². The van der Waals surface area contributed by atoms with Crippen LogP contribution in [0.4, 0.5) is 0 Å². The third-order valence-corrected chi connectivity index (χ3v) is 9.39. The standard InChI is InChI=1S/C35H61N9O12S/c1-18(2)15-23(41-32(51)28(19(3)4)42-26(46)16-39-56-55-35(54)21(36)12-14-57-7)30(49)43-29(20(5)6)33(52)40-22(10-11-25(37)45)34(53)44-13-8-9-24(44)31(50)38-17-27(47)48/h18-24,28-29,39H,8-17,36H2,1-7H3,(H2,37,45)(H,38,50)(H,40,52)(H,41,51)(H,42,46)(H,43,49)(H,47,48)/t21-,22-,23-,24-,28-,29-/m0/s1.